The molecule has 1 aliphatic heterocycles. The van der Waals surface area contributed by atoms with Crippen LogP contribution in [-0.4, -0.2) is 62.5 Å². The van der Waals surface area contributed by atoms with Gasteiger partial charge in [-0.25, -0.2) is 4.98 Å². The van der Waals surface area contributed by atoms with Crippen molar-refractivity contribution in [2.45, 2.75) is 32.1 Å². The molecule has 1 saturated heterocycles. The van der Waals surface area contributed by atoms with Crippen LogP contribution in [0.25, 0.3) is 11.0 Å². The molecular weight excluding hydrogens is 481 g/mol. The summed E-state index contributed by atoms with van der Waals surface area (Å²) in [5, 5.41) is 6.70. The number of ether oxygens (including phenoxy) is 2. The number of nitrogens with zero attached hydrogens (tertiary/aromatic N) is 2. The molecule has 0 spiro atoms. The number of benzene rings is 1. The summed E-state index contributed by atoms with van der Waals surface area (Å²) in [6.07, 6.45) is 5.14. The van der Waals surface area contributed by atoms with Crippen LogP contribution < -0.4 is 10.6 Å². The van der Waals surface area contributed by atoms with Crippen molar-refractivity contribution in [3.8, 4) is 0 Å². The Morgan fingerprint density at radius 1 is 1.21 bits per heavy atom. The van der Waals surface area contributed by atoms with Gasteiger partial charge in [0, 0.05) is 53.0 Å². The topological polar surface area (TPSA) is 83.6 Å². The minimum Gasteiger partial charge on any atom is -0.381 e. The summed E-state index contributed by atoms with van der Waals surface area (Å²) in [6, 6.07) is 8.13. The Bertz CT molecular complexity index is 698. The monoisotopic (exact) mass is 515 g/mol. The summed E-state index contributed by atoms with van der Waals surface area (Å²) in [6.45, 7) is 5.13. The zero-order valence-corrected chi connectivity index (χ0v) is 19.6. The fourth-order valence-electron chi connectivity index (χ4n) is 3.35. The van der Waals surface area contributed by atoms with Crippen molar-refractivity contribution in [1.82, 2.24) is 20.6 Å². The fraction of sp³-hybridized carbons (Fsp3) is 0.619. The van der Waals surface area contributed by atoms with Crippen molar-refractivity contribution in [3.05, 3.63) is 30.1 Å². The minimum absolute atomic E-state index is 0. The second kappa shape index (κ2) is 13.8. The van der Waals surface area contributed by atoms with Crippen LogP contribution in [0, 0.1) is 5.92 Å². The van der Waals surface area contributed by atoms with Crippen molar-refractivity contribution >= 4 is 41.0 Å². The maximum Gasteiger partial charge on any atom is 0.190 e. The van der Waals surface area contributed by atoms with E-state index in [1.54, 1.807) is 7.05 Å². The number of aromatic amines is 1. The summed E-state index contributed by atoms with van der Waals surface area (Å²) >= 11 is 0. The van der Waals surface area contributed by atoms with Gasteiger partial charge in [-0.15, -0.1) is 24.0 Å². The van der Waals surface area contributed by atoms with Crippen molar-refractivity contribution in [2.24, 2.45) is 10.9 Å². The molecular formula is C21H34IN5O2. The third kappa shape index (κ3) is 8.47. The Morgan fingerprint density at radius 2 is 1.97 bits per heavy atom. The van der Waals surface area contributed by atoms with Gasteiger partial charge >= 0.3 is 0 Å². The zero-order valence-electron chi connectivity index (χ0n) is 17.3. The molecule has 1 aliphatic rings. The van der Waals surface area contributed by atoms with E-state index < -0.39 is 0 Å². The molecule has 7 nitrogen and oxygen atoms in total. The van der Waals surface area contributed by atoms with Gasteiger partial charge in [0.25, 0.3) is 0 Å². The summed E-state index contributed by atoms with van der Waals surface area (Å²) in [4.78, 5) is 12.3. The molecule has 1 fully saturated rings. The van der Waals surface area contributed by atoms with Crippen LogP contribution in [0.1, 0.15) is 31.5 Å². The van der Waals surface area contributed by atoms with E-state index in [4.69, 9.17) is 9.47 Å². The van der Waals surface area contributed by atoms with E-state index in [-0.39, 0.29) is 24.0 Å². The highest BCUT2D eigenvalue weighted by Crippen LogP contribution is 2.14. The normalized spacial score (nSPS) is 15.3. The number of nitrogens with one attached hydrogen (secondary N) is 3. The second-order valence-electron chi connectivity index (χ2n) is 7.21. The summed E-state index contributed by atoms with van der Waals surface area (Å²) in [7, 11) is 1.80. The summed E-state index contributed by atoms with van der Waals surface area (Å²) in [5.41, 5.74) is 2.13. The van der Waals surface area contributed by atoms with E-state index in [0.717, 1.165) is 94.4 Å². The Morgan fingerprint density at radius 3 is 2.72 bits per heavy atom. The molecule has 2 aromatic rings. The first kappa shape index (κ1) is 23.9. The maximum absolute atomic E-state index is 5.79. The van der Waals surface area contributed by atoms with Crippen molar-refractivity contribution in [3.63, 3.8) is 0 Å². The van der Waals surface area contributed by atoms with Gasteiger partial charge in [-0.3, -0.25) is 4.99 Å². The minimum atomic E-state index is 0. The van der Waals surface area contributed by atoms with Gasteiger partial charge in [0.2, 0.25) is 0 Å². The molecule has 8 heteroatoms. The number of guanidine groups is 1. The van der Waals surface area contributed by atoms with Crippen molar-refractivity contribution in [2.75, 3.05) is 46.6 Å². The molecule has 1 aromatic carbocycles. The molecule has 2 heterocycles. The van der Waals surface area contributed by atoms with Gasteiger partial charge < -0.3 is 25.1 Å². The molecule has 0 unspecified atom stereocenters. The highest BCUT2D eigenvalue weighted by Gasteiger charge is 2.13. The number of aliphatic imine (C=N–C) groups is 1. The van der Waals surface area contributed by atoms with Crippen LogP contribution in [0.15, 0.2) is 29.3 Å². The van der Waals surface area contributed by atoms with Gasteiger partial charge in [0.05, 0.1) is 11.0 Å². The first-order valence-electron chi connectivity index (χ1n) is 10.4. The Kier molecular flexibility index (Phi) is 11.3. The average molecular weight is 515 g/mol. The lowest BCUT2D eigenvalue weighted by Crippen LogP contribution is -2.38. The number of hydrogen-bond donors (Lipinski definition) is 3. The number of H-pyrrole nitrogens is 1. The summed E-state index contributed by atoms with van der Waals surface area (Å²) < 4.78 is 11.2. The molecule has 0 radical (unpaired) electrons. The molecule has 0 saturated carbocycles. The van der Waals surface area contributed by atoms with Gasteiger partial charge in [-0.05, 0) is 43.7 Å². The largest absolute Gasteiger partial charge is 0.381 e. The number of aryl methyl sites for hydroxylation is 1. The zero-order chi connectivity index (χ0) is 19.4. The highest BCUT2D eigenvalue weighted by molar-refractivity contribution is 14.0. The first-order valence-corrected chi connectivity index (χ1v) is 10.4. The van der Waals surface area contributed by atoms with Crippen molar-refractivity contribution < 1.29 is 9.47 Å². The molecule has 0 aliphatic carbocycles. The molecule has 3 N–H and O–H groups in total. The van der Waals surface area contributed by atoms with Gasteiger partial charge in [-0.2, -0.15) is 0 Å². The number of para-hydroxylation sites is 2. The number of rotatable bonds is 10. The van der Waals surface area contributed by atoms with Gasteiger partial charge in [-0.1, -0.05) is 12.1 Å². The number of halogens is 1. The van der Waals surface area contributed by atoms with Crippen LogP contribution in [-0.2, 0) is 15.9 Å². The molecule has 1 aromatic heterocycles. The number of hydrogen-bond acceptors (Lipinski definition) is 4. The molecule has 0 atom stereocenters. The van der Waals surface area contributed by atoms with Crippen LogP contribution in [0.5, 0.6) is 0 Å². The van der Waals surface area contributed by atoms with E-state index in [1.165, 1.54) is 0 Å². The summed E-state index contributed by atoms with van der Waals surface area (Å²) in [5.74, 6) is 2.55. The van der Waals surface area contributed by atoms with Gasteiger partial charge in [0.1, 0.15) is 5.82 Å². The Hall–Kier alpha value is -1.39. The van der Waals surface area contributed by atoms with Gasteiger partial charge in [0.15, 0.2) is 5.96 Å². The number of aromatic nitrogens is 2. The van der Waals surface area contributed by atoms with Crippen LogP contribution in [0.4, 0.5) is 0 Å². The lowest BCUT2D eigenvalue weighted by Gasteiger charge is -2.21. The maximum atomic E-state index is 5.79. The second-order valence-corrected chi connectivity index (χ2v) is 7.21. The third-order valence-electron chi connectivity index (χ3n) is 5.00. The van der Waals surface area contributed by atoms with Crippen LogP contribution >= 0.6 is 24.0 Å². The highest BCUT2D eigenvalue weighted by atomic mass is 127. The molecule has 162 valence electrons. The standard InChI is InChI=1S/C21H33N5O2.HI/c1-22-21(24-12-5-13-28-16-17-9-14-27-15-10-17)23-11-4-8-20-25-18-6-2-3-7-19(18)26-20;/h2-3,6-7,17H,4-5,8-16H2,1H3,(H,25,26)(H2,22,23,24);1H. The SMILES string of the molecule is CN=C(NCCCOCC1CCOCC1)NCCCc1nc2ccccc2[nH]1.I. The predicted molar refractivity (Wildman–Crippen MR) is 128 cm³/mol. The predicted octanol–water partition coefficient (Wildman–Crippen LogP) is 3.11. The average Bonchev–Trinajstić information content (AvgIpc) is 3.15. The molecule has 0 bridgehead atoms. The van der Waals surface area contributed by atoms with Crippen LogP contribution in [0.3, 0.4) is 0 Å². The lowest BCUT2D eigenvalue weighted by molar-refractivity contribution is 0.0203. The first-order chi connectivity index (χ1) is 13.8. The smallest absolute Gasteiger partial charge is 0.190 e. The Labute approximate surface area is 190 Å². The molecule has 29 heavy (non-hydrogen) atoms. The number of fused-ring (bicyclic) bond motifs is 1. The third-order valence-corrected chi connectivity index (χ3v) is 5.00. The number of imidazole rings is 1. The van der Waals surface area contributed by atoms with E-state index in [2.05, 4.69) is 31.7 Å². The van der Waals surface area contributed by atoms with E-state index in [1.807, 2.05) is 18.2 Å². The fourth-order valence-corrected chi connectivity index (χ4v) is 3.35. The van der Waals surface area contributed by atoms with Crippen molar-refractivity contribution in [1.29, 1.82) is 0 Å². The lowest BCUT2D eigenvalue weighted by atomic mass is 10.0. The quantitative estimate of drug-likeness (QED) is 0.196. The Balaban J connectivity index is 0.00000300. The van der Waals surface area contributed by atoms with E-state index in [9.17, 15) is 0 Å². The van der Waals surface area contributed by atoms with E-state index in [0.29, 0.717) is 5.92 Å². The van der Waals surface area contributed by atoms with Crippen LogP contribution in [0.2, 0.25) is 0 Å². The molecule has 3 rings (SSSR count). The van der Waals surface area contributed by atoms with E-state index >= 15 is 0 Å². The molecule has 0 amide bonds.